The molecule has 1 fully saturated rings. The van der Waals surface area contributed by atoms with E-state index in [4.69, 9.17) is 5.11 Å². The van der Waals surface area contributed by atoms with Gasteiger partial charge in [0.2, 0.25) is 10.0 Å². The molecular formula is C14H19NO4S. The van der Waals surface area contributed by atoms with Gasteiger partial charge in [0.1, 0.15) is 0 Å². The molecule has 110 valence electrons. The van der Waals surface area contributed by atoms with Crippen LogP contribution in [0.4, 0.5) is 0 Å². The van der Waals surface area contributed by atoms with E-state index < -0.39 is 16.0 Å². The monoisotopic (exact) mass is 297 g/mol. The van der Waals surface area contributed by atoms with E-state index in [2.05, 4.69) is 4.72 Å². The molecule has 1 saturated carbocycles. The Morgan fingerprint density at radius 1 is 1.35 bits per heavy atom. The van der Waals surface area contributed by atoms with Crippen LogP contribution < -0.4 is 4.72 Å². The minimum atomic E-state index is -3.67. The second-order valence-corrected chi connectivity index (χ2v) is 7.00. The average molecular weight is 297 g/mol. The van der Waals surface area contributed by atoms with Crippen molar-refractivity contribution in [1.82, 2.24) is 4.72 Å². The highest BCUT2D eigenvalue weighted by atomic mass is 32.2. The third-order valence-corrected chi connectivity index (χ3v) is 5.40. The summed E-state index contributed by atoms with van der Waals surface area (Å²) in [7, 11) is -3.67. The van der Waals surface area contributed by atoms with Gasteiger partial charge in [-0.3, -0.25) is 0 Å². The number of carboxylic acid groups (broad SMARTS) is 1. The molecule has 6 heteroatoms. The number of hydrogen-bond acceptors (Lipinski definition) is 3. The molecule has 0 spiro atoms. The third-order valence-electron chi connectivity index (χ3n) is 3.84. The fourth-order valence-corrected chi connectivity index (χ4v) is 4.02. The number of carboxylic acids is 1. The lowest BCUT2D eigenvalue weighted by Gasteiger charge is -2.20. The van der Waals surface area contributed by atoms with Gasteiger partial charge in [-0.1, -0.05) is 18.9 Å². The number of nitrogens with one attached hydrogen (secondary N) is 1. The highest BCUT2D eigenvalue weighted by Crippen LogP contribution is 2.28. The molecule has 0 heterocycles. The largest absolute Gasteiger partial charge is 0.478 e. The summed E-state index contributed by atoms with van der Waals surface area (Å²) in [5.74, 6) is -0.765. The summed E-state index contributed by atoms with van der Waals surface area (Å²) in [5.41, 5.74) is -0.0265. The summed E-state index contributed by atoms with van der Waals surface area (Å²) in [6, 6.07) is 5.29. The molecule has 0 saturated heterocycles. The average Bonchev–Trinajstić information content (AvgIpc) is 2.92. The van der Waals surface area contributed by atoms with E-state index in [1.807, 2.05) is 6.92 Å². The molecule has 1 aromatic carbocycles. The van der Waals surface area contributed by atoms with E-state index in [9.17, 15) is 13.2 Å². The van der Waals surface area contributed by atoms with Crippen molar-refractivity contribution in [1.29, 1.82) is 0 Å². The Bertz CT molecular complexity index is 591. The second kappa shape index (κ2) is 5.93. The van der Waals surface area contributed by atoms with Crippen molar-refractivity contribution < 1.29 is 18.3 Å². The highest BCUT2D eigenvalue weighted by molar-refractivity contribution is 7.89. The quantitative estimate of drug-likeness (QED) is 0.873. The minimum absolute atomic E-state index is 0.00208. The predicted molar refractivity (Wildman–Crippen MR) is 75.1 cm³/mol. The van der Waals surface area contributed by atoms with Crippen LogP contribution in [0.15, 0.2) is 29.2 Å². The summed E-state index contributed by atoms with van der Waals surface area (Å²) in [6.45, 7) is 1.87. The first-order chi connectivity index (χ1) is 9.40. The van der Waals surface area contributed by atoms with E-state index >= 15 is 0 Å². The van der Waals surface area contributed by atoms with Crippen LogP contribution in [0.1, 0.15) is 43.0 Å². The van der Waals surface area contributed by atoms with Crippen LogP contribution in [0.25, 0.3) is 0 Å². The van der Waals surface area contributed by atoms with Gasteiger partial charge < -0.3 is 5.11 Å². The van der Waals surface area contributed by atoms with Crippen molar-refractivity contribution >= 4 is 16.0 Å². The topological polar surface area (TPSA) is 83.5 Å². The zero-order chi connectivity index (χ0) is 14.8. The summed E-state index contributed by atoms with van der Waals surface area (Å²) in [4.78, 5) is 10.9. The maximum absolute atomic E-state index is 12.3. The Kier molecular flexibility index (Phi) is 4.45. The number of carbonyl (C=O) groups is 1. The van der Waals surface area contributed by atoms with E-state index in [0.29, 0.717) is 5.92 Å². The molecule has 1 atom stereocenters. The number of aromatic carboxylic acids is 1. The van der Waals surface area contributed by atoms with Gasteiger partial charge >= 0.3 is 5.97 Å². The third kappa shape index (κ3) is 3.37. The number of benzene rings is 1. The van der Waals surface area contributed by atoms with Crippen LogP contribution >= 0.6 is 0 Å². The molecule has 1 aromatic rings. The number of sulfonamides is 1. The molecular weight excluding hydrogens is 278 g/mol. The fourth-order valence-electron chi connectivity index (χ4n) is 2.66. The Hall–Kier alpha value is -1.40. The maximum atomic E-state index is 12.3. The Morgan fingerprint density at radius 2 is 2.00 bits per heavy atom. The molecule has 0 amide bonds. The molecule has 1 aliphatic carbocycles. The summed E-state index contributed by atoms with van der Waals surface area (Å²) >= 11 is 0. The van der Waals surface area contributed by atoms with Gasteiger partial charge in [-0.15, -0.1) is 0 Å². The van der Waals surface area contributed by atoms with Crippen LogP contribution in [0.2, 0.25) is 0 Å². The molecule has 0 aromatic heterocycles. The minimum Gasteiger partial charge on any atom is -0.478 e. The van der Waals surface area contributed by atoms with E-state index in [1.165, 1.54) is 24.3 Å². The van der Waals surface area contributed by atoms with Crippen LogP contribution in [0, 0.1) is 5.92 Å². The fraction of sp³-hybridized carbons (Fsp3) is 0.500. The first-order valence-electron chi connectivity index (χ1n) is 6.76. The van der Waals surface area contributed by atoms with E-state index in [-0.39, 0.29) is 16.5 Å². The van der Waals surface area contributed by atoms with Crippen molar-refractivity contribution in [3.8, 4) is 0 Å². The van der Waals surface area contributed by atoms with Crippen molar-refractivity contribution in [2.45, 2.75) is 43.5 Å². The summed E-state index contributed by atoms with van der Waals surface area (Å²) < 4.78 is 27.2. The smallest absolute Gasteiger partial charge is 0.335 e. The van der Waals surface area contributed by atoms with Crippen LogP contribution in [-0.4, -0.2) is 25.5 Å². The lowest BCUT2D eigenvalue weighted by atomic mass is 10.0. The van der Waals surface area contributed by atoms with Crippen molar-refractivity contribution in [3.63, 3.8) is 0 Å². The molecule has 1 aliphatic rings. The SMILES string of the molecule is CC(NS(=O)(=O)c1cccc(C(=O)O)c1)C1CCCC1. The number of rotatable bonds is 5. The van der Waals surface area contributed by atoms with Gasteiger partial charge in [-0.25, -0.2) is 17.9 Å². The van der Waals surface area contributed by atoms with Gasteiger partial charge in [-0.2, -0.15) is 0 Å². The van der Waals surface area contributed by atoms with Crippen molar-refractivity contribution in [3.05, 3.63) is 29.8 Å². The van der Waals surface area contributed by atoms with Gasteiger partial charge in [0.15, 0.2) is 0 Å². The molecule has 20 heavy (non-hydrogen) atoms. The maximum Gasteiger partial charge on any atom is 0.335 e. The zero-order valence-corrected chi connectivity index (χ0v) is 12.2. The molecule has 1 unspecified atom stereocenters. The summed E-state index contributed by atoms with van der Waals surface area (Å²) in [6.07, 6.45) is 4.37. The molecule has 0 radical (unpaired) electrons. The van der Waals surface area contributed by atoms with Crippen LogP contribution in [0.3, 0.4) is 0 Å². The van der Waals surface area contributed by atoms with Gasteiger partial charge in [0, 0.05) is 6.04 Å². The van der Waals surface area contributed by atoms with Gasteiger partial charge in [0.25, 0.3) is 0 Å². The van der Waals surface area contributed by atoms with Crippen molar-refractivity contribution in [2.24, 2.45) is 5.92 Å². The van der Waals surface area contributed by atoms with Crippen LogP contribution in [0.5, 0.6) is 0 Å². The highest BCUT2D eigenvalue weighted by Gasteiger charge is 2.26. The van der Waals surface area contributed by atoms with Gasteiger partial charge in [0.05, 0.1) is 10.5 Å². The lowest BCUT2D eigenvalue weighted by Crippen LogP contribution is -2.37. The van der Waals surface area contributed by atoms with E-state index in [0.717, 1.165) is 25.7 Å². The molecule has 2 rings (SSSR count). The first kappa shape index (κ1) is 15.0. The standard InChI is InChI=1S/C14H19NO4S/c1-10(11-5-2-3-6-11)15-20(18,19)13-8-4-7-12(9-13)14(16)17/h4,7-11,15H,2-3,5-6H2,1H3,(H,16,17). The zero-order valence-electron chi connectivity index (χ0n) is 11.4. The molecule has 0 bridgehead atoms. The predicted octanol–water partition coefficient (Wildman–Crippen LogP) is 2.24. The summed E-state index contributed by atoms with van der Waals surface area (Å²) in [5, 5.41) is 8.91. The van der Waals surface area contributed by atoms with Gasteiger partial charge in [-0.05, 0) is 43.9 Å². The lowest BCUT2D eigenvalue weighted by molar-refractivity contribution is 0.0696. The van der Waals surface area contributed by atoms with Crippen LogP contribution in [-0.2, 0) is 10.0 Å². The normalized spacial score (nSPS) is 18.1. The molecule has 5 nitrogen and oxygen atoms in total. The first-order valence-corrected chi connectivity index (χ1v) is 8.24. The Labute approximate surface area is 119 Å². The Morgan fingerprint density at radius 3 is 2.60 bits per heavy atom. The molecule has 0 aliphatic heterocycles. The van der Waals surface area contributed by atoms with Crippen molar-refractivity contribution in [2.75, 3.05) is 0 Å². The second-order valence-electron chi connectivity index (χ2n) is 5.29. The molecule has 2 N–H and O–H groups in total. The Balaban J connectivity index is 2.17. The number of hydrogen-bond donors (Lipinski definition) is 2. The van der Waals surface area contributed by atoms with E-state index in [1.54, 1.807) is 0 Å².